The lowest BCUT2D eigenvalue weighted by Gasteiger charge is -2.25. The first-order valence-electron chi connectivity index (χ1n) is 7.51. The number of aromatic nitrogens is 2. The van der Waals surface area contributed by atoms with Crippen LogP contribution in [0.2, 0.25) is 5.15 Å². The van der Waals surface area contributed by atoms with E-state index in [4.69, 9.17) is 11.6 Å². The molecule has 118 valence electrons. The first-order chi connectivity index (χ1) is 10.5. The lowest BCUT2D eigenvalue weighted by atomic mass is 10.1. The van der Waals surface area contributed by atoms with Gasteiger partial charge >= 0.3 is 0 Å². The van der Waals surface area contributed by atoms with Crippen molar-refractivity contribution >= 4 is 28.8 Å². The lowest BCUT2D eigenvalue weighted by Crippen LogP contribution is -2.32. The smallest absolute Gasteiger partial charge is 0.228 e. The number of halogens is 1. The van der Waals surface area contributed by atoms with E-state index in [0.717, 1.165) is 35.5 Å². The zero-order valence-electron chi connectivity index (χ0n) is 13.1. The molecule has 3 rings (SSSR count). The molecule has 0 bridgehead atoms. The standard InChI is InChI=1S/C16H20ClN3OS/c1-10-6-7-12(22-10)9-14(21)20-8-4-5-13(20)15-11(2)18-19(3)16(15)17/h6-7,13H,4-5,8-9H2,1-3H3/t13-/m0/s1. The average Bonchev–Trinajstić information content (AvgIpc) is 3.12. The van der Waals surface area contributed by atoms with Crippen LogP contribution in [0.4, 0.5) is 0 Å². The molecule has 2 aromatic rings. The van der Waals surface area contributed by atoms with Crippen LogP contribution < -0.4 is 0 Å². The molecule has 0 aliphatic carbocycles. The van der Waals surface area contributed by atoms with E-state index in [1.165, 1.54) is 4.88 Å². The van der Waals surface area contributed by atoms with Crippen LogP contribution in [0.15, 0.2) is 12.1 Å². The second-order valence-electron chi connectivity index (χ2n) is 5.85. The molecule has 0 N–H and O–H groups in total. The number of thiophene rings is 1. The molecule has 1 atom stereocenters. The summed E-state index contributed by atoms with van der Waals surface area (Å²) >= 11 is 8.08. The molecule has 0 saturated carbocycles. The Balaban J connectivity index is 1.82. The second-order valence-corrected chi connectivity index (χ2v) is 7.58. The van der Waals surface area contributed by atoms with E-state index < -0.39 is 0 Å². The molecular weight excluding hydrogens is 318 g/mol. The molecule has 22 heavy (non-hydrogen) atoms. The molecule has 1 aliphatic rings. The van der Waals surface area contributed by atoms with Gasteiger partial charge in [-0.25, -0.2) is 0 Å². The van der Waals surface area contributed by atoms with Crippen LogP contribution in [0.3, 0.4) is 0 Å². The first kappa shape index (κ1) is 15.6. The van der Waals surface area contributed by atoms with E-state index in [0.29, 0.717) is 11.6 Å². The van der Waals surface area contributed by atoms with Crippen molar-refractivity contribution in [2.45, 2.75) is 39.2 Å². The summed E-state index contributed by atoms with van der Waals surface area (Å²) < 4.78 is 1.69. The molecule has 1 aliphatic heterocycles. The Bertz CT molecular complexity index is 706. The SMILES string of the molecule is Cc1ccc(CC(=O)N2CCC[C@H]2c2c(C)nn(C)c2Cl)s1. The number of hydrogen-bond donors (Lipinski definition) is 0. The Labute approximate surface area is 139 Å². The molecule has 0 radical (unpaired) electrons. The normalized spacial score (nSPS) is 18.2. The molecule has 4 nitrogen and oxygen atoms in total. The first-order valence-corrected chi connectivity index (χ1v) is 8.70. The minimum atomic E-state index is 0.0646. The summed E-state index contributed by atoms with van der Waals surface area (Å²) in [4.78, 5) is 17.0. The van der Waals surface area contributed by atoms with Gasteiger partial charge < -0.3 is 4.90 Å². The third-order valence-corrected chi connectivity index (χ3v) is 5.67. The quantitative estimate of drug-likeness (QED) is 0.857. The zero-order valence-corrected chi connectivity index (χ0v) is 14.7. The van der Waals surface area contributed by atoms with Crippen LogP contribution in [0.1, 0.15) is 39.9 Å². The maximum absolute atomic E-state index is 12.7. The van der Waals surface area contributed by atoms with Crippen LogP contribution in [-0.2, 0) is 18.3 Å². The number of rotatable bonds is 3. The number of likely N-dealkylation sites (tertiary alicyclic amines) is 1. The van der Waals surface area contributed by atoms with Gasteiger partial charge in [0, 0.05) is 28.9 Å². The van der Waals surface area contributed by atoms with Gasteiger partial charge in [-0.05, 0) is 38.8 Å². The minimum Gasteiger partial charge on any atom is -0.335 e. The Morgan fingerprint density at radius 2 is 2.23 bits per heavy atom. The monoisotopic (exact) mass is 337 g/mol. The Morgan fingerprint density at radius 3 is 2.82 bits per heavy atom. The average molecular weight is 338 g/mol. The second kappa shape index (κ2) is 6.05. The van der Waals surface area contributed by atoms with E-state index in [9.17, 15) is 4.79 Å². The van der Waals surface area contributed by atoms with Gasteiger partial charge in [-0.15, -0.1) is 11.3 Å². The van der Waals surface area contributed by atoms with Crippen LogP contribution >= 0.6 is 22.9 Å². The van der Waals surface area contributed by atoms with E-state index in [2.05, 4.69) is 18.1 Å². The third-order valence-electron chi connectivity index (χ3n) is 4.22. The van der Waals surface area contributed by atoms with Crippen molar-refractivity contribution in [1.82, 2.24) is 14.7 Å². The summed E-state index contributed by atoms with van der Waals surface area (Å²) in [7, 11) is 1.84. The van der Waals surface area contributed by atoms with Crippen molar-refractivity contribution in [3.63, 3.8) is 0 Å². The van der Waals surface area contributed by atoms with Crippen molar-refractivity contribution < 1.29 is 4.79 Å². The predicted molar refractivity (Wildman–Crippen MR) is 89.4 cm³/mol. The largest absolute Gasteiger partial charge is 0.335 e. The number of carbonyl (C=O) groups is 1. The van der Waals surface area contributed by atoms with Crippen LogP contribution in [0.5, 0.6) is 0 Å². The Kier molecular flexibility index (Phi) is 4.28. The van der Waals surface area contributed by atoms with Crippen LogP contribution in [-0.4, -0.2) is 27.1 Å². The summed E-state index contributed by atoms with van der Waals surface area (Å²) in [5, 5.41) is 5.03. The third kappa shape index (κ3) is 2.79. The number of aryl methyl sites for hydroxylation is 3. The van der Waals surface area contributed by atoms with Gasteiger partial charge in [0.25, 0.3) is 0 Å². The fraction of sp³-hybridized carbons (Fsp3) is 0.500. The fourth-order valence-electron chi connectivity index (χ4n) is 3.22. The Morgan fingerprint density at radius 1 is 1.45 bits per heavy atom. The maximum atomic E-state index is 12.7. The van der Waals surface area contributed by atoms with Crippen LogP contribution in [0.25, 0.3) is 0 Å². The summed E-state index contributed by atoms with van der Waals surface area (Å²) in [6.45, 7) is 4.83. The number of carbonyl (C=O) groups excluding carboxylic acids is 1. The van der Waals surface area contributed by atoms with Gasteiger partial charge in [0.05, 0.1) is 18.2 Å². The molecule has 6 heteroatoms. The number of amides is 1. The summed E-state index contributed by atoms with van der Waals surface area (Å²) in [6.07, 6.45) is 2.46. The fourth-order valence-corrected chi connectivity index (χ4v) is 4.40. The molecular formula is C16H20ClN3OS. The minimum absolute atomic E-state index is 0.0646. The van der Waals surface area contributed by atoms with E-state index in [1.807, 2.05) is 24.9 Å². The highest BCUT2D eigenvalue weighted by molar-refractivity contribution is 7.12. The molecule has 1 fully saturated rings. The summed E-state index contributed by atoms with van der Waals surface area (Å²) in [5.74, 6) is 0.184. The summed E-state index contributed by atoms with van der Waals surface area (Å²) in [6, 6.07) is 4.18. The molecule has 0 aromatic carbocycles. The van der Waals surface area contributed by atoms with Gasteiger partial charge in [-0.3, -0.25) is 9.48 Å². The topological polar surface area (TPSA) is 38.1 Å². The lowest BCUT2D eigenvalue weighted by molar-refractivity contribution is -0.131. The van der Waals surface area contributed by atoms with Gasteiger partial charge in [0.2, 0.25) is 5.91 Å². The van der Waals surface area contributed by atoms with Gasteiger partial charge in [-0.1, -0.05) is 11.6 Å². The number of hydrogen-bond acceptors (Lipinski definition) is 3. The van der Waals surface area contributed by atoms with E-state index in [-0.39, 0.29) is 11.9 Å². The van der Waals surface area contributed by atoms with Crippen molar-refractivity contribution in [3.8, 4) is 0 Å². The highest BCUT2D eigenvalue weighted by Gasteiger charge is 2.34. The van der Waals surface area contributed by atoms with Crippen molar-refractivity contribution in [2.24, 2.45) is 7.05 Å². The highest BCUT2D eigenvalue weighted by Crippen LogP contribution is 2.37. The molecule has 0 unspecified atom stereocenters. The van der Waals surface area contributed by atoms with Gasteiger partial charge in [-0.2, -0.15) is 5.10 Å². The molecule has 1 amide bonds. The van der Waals surface area contributed by atoms with E-state index in [1.54, 1.807) is 16.0 Å². The van der Waals surface area contributed by atoms with Crippen molar-refractivity contribution in [1.29, 1.82) is 0 Å². The van der Waals surface area contributed by atoms with Crippen molar-refractivity contribution in [2.75, 3.05) is 6.54 Å². The summed E-state index contributed by atoms with van der Waals surface area (Å²) in [5.41, 5.74) is 1.93. The zero-order chi connectivity index (χ0) is 15.9. The van der Waals surface area contributed by atoms with Crippen LogP contribution in [0, 0.1) is 13.8 Å². The maximum Gasteiger partial charge on any atom is 0.228 e. The highest BCUT2D eigenvalue weighted by atomic mass is 35.5. The molecule has 3 heterocycles. The predicted octanol–water partition coefficient (Wildman–Crippen LogP) is 3.66. The molecule has 0 spiro atoms. The molecule has 2 aromatic heterocycles. The molecule has 1 saturated heterocycles. The van der Waals surface area contributed by atoms with Crippen molar-refractivity contribution in [3.05, 3.63) is 38.3 Å². The number of nitrogens with zero attached hydrogens (tertiary/aromatic N) is 3. The Hall–Kier alpha value is -1.33. The van der Waals surface area contributed by atoms with Gasteiger partial charge in [0.1, 0.15) is 5.15 Å². The van der Waals surface area contributed by atoms with Gasteiger partial charge in [0.15, 0.2) is 0 Å². The van der Waals surface area contributed by atoms with E-state index >= 15 is 0 Å².